The van der Waals surface area contributed by atoms with E-state index in [4.69, 9.17) is 0 Å². The van der Waals surface area contributed by atoms with Gasteiger partial charge in [0.25, 0.3) is 5.91 Å². The normalized spacial score (nSPS) is 20.7. The van der Waals surface area contributed by atoms with Crippen molar-refractivity contribution >= 4 is 11.9 Å². The third-order valence-electron chi connectivity index (χ3n) is 3.66. The van der Waals surface area contributed by atoms with E-state index in [1.54, 1.807) is 0 Å². The molecule has 6 nitrogen and oxygen atoms in total. The molecule has 1 aromatic carbocycles. The molecular weight excluding hydrogens is 367 g/mol. The van der Waals surface area contributed by atoms with Crippen molar-refractivity contribution in [2.75, 3.05) is 19.8 Å². The van der Waals surface area contributed by atoms with Crippen LogP contribution in [0.2, 0.25) is 0 Å². The molecule has 1 fully saturated rings. The van der Waals surface area contributed by atoms with E-state index in [1.165, 1.54) is 31.2 Å². The first-order chi connectivity index (χ1) is 12.0. The SMILES string of the molecule is CC1(c2ccc(OC(F)F)cc2)NC(=O)N(CCOCC(F)(F)F)C1=O. The lowest BCUT2D eigenvalue weighted by Gasteiger charge is -2.22. The highest BCUT2D eigenvalue weighted by Crippen LogP contribution is 2.30. The second kappa shape index (κ2) is 7.44. The van der Waals surface area contributed by atoms with Crippen molar-refractivity contribution in [1.82, 2.24) is 10.2 Å². The summed E-state index contributed by atoms with van der Waals surface area (Å²) in [7, 11) is 0. The van der Waals surface area contributed by atoms with Gasteiger partial charge in [0.1, 0.15) is 17.9 Å². The number of ether oxygens (including phenoxy) is 2. The summed E-state index contributed by atoms with van der Waals surface area (Å²) in [5.74, 6) is -0.817. The van der Waals surface area contributed by atoms with Gasteiger partial charge >= 0.3 is 18.8 Å². The number of imide groups is 1. The Morgan fingerprint density at radius 3 is 2.35 bits per heavy atom. The molecule has 11 heteroatoms. The van der Waals surface area contributed by atoms with Gasteiger partial charge in [0.05, 0.1) is 13.2 Å². The topological polar surface area (TPSA) is 67.9 Å². The molecule has 0 spiro atoms. The smallest absolute Gasteiger partial charge is 0.411 e. The molecule has 26 heavy (non-hydrogen) atoms. The molecule has 1 N–H and O–H groups in total. The van der Waals surface area contributed by atoms with Gasteiger partial charge in [0.15, 0.2) is 0 Å². The van der Waals surface area contributed by atoms with Crippen molar-refractivity contribution in [3.63, 3.8) is 0 Å². The second-order valence-corrected chi connectivity index (χ2v) is 5.58. The number of alkyl halides is 5. The van der Waals surface area contributed by atoms with Crippen LogP contribution < -0.4 is 10.1 Å². The number of nitrogens with one attached hydrogen (secondary N) is 1. The van der Waals surface area contributed by atoms with E-state index in [1.807, 2.05) is 0 Å². The van der Waals surface area contributed by atoms with Crippen LogP contribution in [0.1, 0.15) is 12.5 Å². The Labute approximate surface area is 144 Å². The standard InChI is InChI=1S/C15H15F5N2O4/c1-14(9-2-4-10(5-3-9)26-12(16)17)11(23)22(13(24)21-14)6-7-25-8-15(18,19)20/h2-5,12H,6-8H2,1H3,(H,21,24). The van der Waals surface area contributed by atoms with Gasteiger partial charge in [-0.3, -0.25) is 9.69 Å². The number of carbonyl (C=O) groups excluding carboxylic acids is 2. The predicted molar refractivity (Wildman–Crippen MR) is 77.5 cm³/mol. The summed E-state index contributed by atoms with van der Waals surface area (Å²) >= 11 is 0. The molecule has 2 rings (SSSR count). The molecule has 1 heterocycles. The lowest BCUT2D eigenvalue weighted by atomic mass is 9.92. The Balaban J connectivity index is 2.03. The van der Waals surface area contributed by atoms with Gasteiger partial charge in [-0.15, -0.1) is 0 Å². The molecule has 0 saturated carbocycles. The van der Waals surface area contributed by atoms with Crippen molar-refractivity contribution in [2.45, 2.75) is 25.3 Å². The average Bonchev–Trinajstić information content (AvgIpc) is 2.74. The van der Waals surface area contributed by atoms with Crippen LogP contribution >= 0.6 is 0 Å². The lowest BCUT2D eigenvalue weighted by Crippen LogP contribution is -2.41. The summed E-state index contributed by atoms with van der Waals surface area (Å²) in [6, 6.07) is 4.29. The number of halogens is 5. The fourth-order valence-electron chi connectivity index (χ4n) is 2.41. The van der Waals surface area contributed by atoms with Gasteiger partial charge in [0.2, 0.25) is 0 Å². The monoisotopic (exact) mass is 382 g/mol. The van der Waals surface area contributed by atoms with Crippen LogP contribution in [0.4, 0.5) is 26.7 Å². The van der Waals surface area contributed by atoms with Crippen LogP contribution in [0.5, 0.6) is 5.75 Å². The molecule has 0 bridgehead atoms. The van der Waals surface area contributed by atoms with Crippen LogP contribution in [-0.2, 0) is 15.1 Å². The zero-order valence-electron chi connectivity index (χ0n) is 13.5. The van der Waals surface area contributed by atoms with Gasteiger partial charge in [-0.25, -0.2) is 4.79 Å². The Morgan fingerprint density at radius 2 is 1.81 bits per heavy atom. The zero-order chi connectivity index (χ0) is 19.5. The number of benzene rings is 1. The largest absolute Gasteiger partial charge is 0.435 e. The Bertz CT molecular complexity index is 665. The maximum atomic E-state index is 12.5. The van der Waals surface area contributed by atoms with Gasteiger partial charge < -0.3 is 14.8 Å². The number of rotatable bonds is 7. The highest BCUT2D eigenvalue weighted by Gasteiger charge is 2.48. The van der Waals surface area contributed by atoms with Gasteiger partial charge in [-0.1, -0.05) is 12.1 Å². The summed E-state index contributed by atoms with van der Waals surface area (Å²) in [6.07, 6.45) is -4.51. The van der Waals surface area contributed by atoms with E-state index in [0.717, 1.165) is 4.90 Å². The van der Waals surface area contributed by atoms with Crippen LogP contribution in [0, 0.1) is 0 Å². The third kappa shape index (κ3) is 4.59. The molecule has 1 unspecified atom stereocenters. The van der Waals surface area contributed by atoms with Crippen molar-refractivity contribution in [2.24, 2.45) is 0 Å². The van der Waals surface area contributed by atoms with E-state index >= 15 is 0 Å². The number of carbonyl (C=O) groups is 2. The molecule has 0 aromatic heterocycles. The summed E-state index contributed by atoms with van der Waals surface area (Å²) in [6.45, 7) is -3.93. The number of nitrogens with zero attached hydrogens (tertiary/aromatic N) is 1. The molecule has 1 aliphatic heterocycles. The van der Waals surface area contributed by atoms with Gasteiger partial charge in [0, 0.05) is 0 Å². The Kier molecular flexibility index (Phi) is 5.69. The maximum absolute atomic E-state index is 12.5. The minimum absolute atomic E-state index is 0.124. The van der Waals surface area contributed by atoms with Crippen LogP contribution in [0.15, 0.2) is 24.3 Å². The molecule has 3 amide bonds. The molecule has 1 atom stereocenters. The van der Waals surface area contributed by atoms with Crippen molar-refractivity contribution in [1.29, 1.82) is 0 Å². The number of hydrogen-bond acceptors (Lipinski definition) is 4. The number of amides is 3. The molecule has 144 valence electrons. The fraction of sp³-hybridized carbons (Fsp3) is 0.467. The first-order valence-corrected chi connectivity index (χ1v) is 7.37. The van der Waals surface area contributed by atoms with Crippen LogP contribution in [0.25, 0.3) is 0 Å². The molecule has 1 aliphatic rings. The average molecular weight is 382 g/mol. The minimum atomic E-state index is -4.51. The molecular formula is C15H15F5N2O4. The predicted octanol–water partition coefficient (Wildman–Crippen LogP) is 2.63. The summed E-state index contributed by atoms with van der Waals surface area (Å²) < 4.78 is 69.0. The summed E-state index contributed by atoms with van der Waals surface area (Å²) in [5, 5.41) is 2.43. The van der Waals surface area contributed by atoms with E-state index in [-0.39, 0.29) is 12.3 Å². The highest BCUT2D eigenvalue weighted by atomic mass is 19.4. The second-order valence-electron chi connectivity index (χ2n) is 5.58. The van der Waals surface area contributed by atoms with Crippen molar-refractivity contribution in [3.8, 4) is 5.75 Å². The zero-order valence-corrected chi connectivity index (χ0v) is 13.5. The quantitative estimate of drug-likeness (QED) is 0.447. The van der Waals surface area contributed by atoms with Crippen molar-refractivity contribution < 1.29 is 41.0 Å². The first kappa shape index (κ1) is 19.9. The highest BCUT2D eigenvalue weighted by molar-refractivity contribution is 6.07. The van der Waals surface area contributed by atoms with E-state index in [0.29, 0.717) is 5.56 Å². The van der Waals surface area contributed by atoms with E-state index < -0.39 is 43.5 Å². The van der Waals surface area contributed by atoms with E-state index in [9.17, 15) is 31.5 Å². The van der Waals surface area contributed by atoms with Gasteiger partial charge in [-0.05, 0) is 24.6 Å². The third-order valence-corrected chi connectivity index (χ3v) is 3.66. The summed E-state index contributed by atoms with van der Waals surface area (Å²) in [4.78, 5) is 25.2. The fourth-order valence-corrected chi connectivity index (χ4v) is 2.41. The maximum Gasteiger partial charge on any atom is 0.411 e. The molecule has 0 radical (unpaired) electrons. The Hall–Kier alpha value is -2.43. The molecule has 1 saturated heterocycles. The number of urea groups is 1. The molecule has 1 aromatic rings. The van der Waals surface area contributed by atoms with Crippen molar-refractivity contribution in [3.05, 3.63) is 29.8 Å². The Morgan fingerprint density at radius 1 is 1.19 bits per heavy atom. The minimum Gasteiger partial charge on any atom is -0.435 e. The van der Waals surface area contributed by atoms with Crippen LogP contribution in [-0.4, -0.2) is 49.4 Å². The first-order valence-electron chi connectivity index (χ1n) is 7.37. The lowest BCUT2D eigenvalue weighted by molar-refractivity contribution is -0.174. The van der Waals surface area contributed by atoms with Gasteiger partial charge in [-0.2, -0.15) is 22.0 Å². The summed E-state index contributed by atoms with van der Waals surface area (Å²) in [5.41, 5.74) is -1.18. The number of hydrogen-bond donors (Lipinski definition) is 1. The van der Waals surface area contributed by atoms with E-state index in [2.05, 4.69) is 14.8 Å². The van der Waals surface area contributed by atoms with Crippen LogP contribution in [0.3, 0.4) is 0 Å². The molecule has 0 aliphatic carbocycles.